The Kier molecular flexibility index (Phi) is 4.86. The van der Waals surface area contributed by atoms with Crippen LogP contribution in [0.3, 0.4) is 0 Å². The first kappa shape index (κ1) is 13.6. The van der Waals surface area contributed by atoms with Crippen molar-refractivity contribution in [3.05, 3.63) is 33.6 Å². The zero-order chi connectivity index (χ0) is 13.0. The van der Waals surface area contributed by atoms with Crippen molar-refractivity contribution >= 4 is 23.1 Å². The van der Waals surface area contributed by atoms with E-state index in [0.717, 1.165) is 24.5 Å². The molecule has 3 nitrogen and oxygen atoms in total. The van der Waals surface area contributed by atoms with E-state index >= 15 is 0 Å². The molecule has 0 fully saturated rings. The van der Waals surface area contributed by atoms with E-state index < -0.39 is 0 Å². The molecule has 0 aliphatic heterocycles. The predicted molar refractivity (Wildman–Crippen MR) is 79.4 cm³/mol. The minimum Gasteiger partial charge on any atom is -0.311 e. The summed E-state index contributed by atoms with van der Waals surface area (Å²) in [6.07, 6.45) is 0. The lowest BCUT2D eigenvalue weighted by atomic mass is 10.4. The van der Waals surface area contributed by atoms with Crippen LogP contribution in [0, 0.1) is 13.8 Å². The van der Waals surface area contributed by atoms with Crippen molar-refractivity contribution in [3.8, 4) is 0 Å². The molecular formula is C13H19N3S2. The Labute approximate surface area is 117 Å². The summed E-state index contributed by atoms with van der Waals surface area (Å²) in [5, 5.41) is 9.05. The normalized spacial score (nSPS) is 11.1. The van der Waals surface area contributed by atoms with Gasteiger partial charge < -0.3 is 5.32 Å². The van der Waals surface area contributed by atoms with Gasteiger partial charge in [-0.3, -0.25) is 4.68 Å². The van der Waals surface area contributed by atoms with Crippen molar-refractivity contribution in [1.29, 1.82) is 0 Å². The van der Waals surface area contributed by atoms with E-state index in [4.69, 9.17) is 0 Å². The third kappa shape index (κ3) is 3.86. The molecule has 2 heterocycles. The molecule has 0 amide bonds. The first-order chi connectivity index (χ1) is 8.65. The van der Waals surface area contributed by atoms with Crippen LogP contribution in [0.2, 0.25) is 0 Å². The van der Waals surface area contributed by atoms with E-state index in [2.05, 4.69) is 35.5 Å². The van der Waals surface area contributed by atoms with E-state index in [1.807, 2.05) is 41.8 Å². The fraction of sp³-hybridized carbons (Fsp3) is 0.462. The fourth-order valence-electron chi connectivity index (χ4n) is 1.74. The number of thioether (sulfide) groups is 1. The highest BCUT2D eigenvalue weighted by Gasteiger charge is 2.02. The Hall–Kier alpha value is -0.780. The maximum Gasteiger partial charge on any atom is 0.0939 e. The third-order valence-corrected chi connectivity index (χ3v) is 4.67. The highest BCUT2D eigenvalue weighted by atomic mass is 32.2. The lowest BCUT2D eigenvalue weighted by molar-refractivity contribution is 0.690. The van der Waals surface area contributed by atoms with Crippen molar-refractivity contribution in [1.82, 2.24) is 15.1 Å². The molecule has 0 unspecified atom stereocenters. The number of thiophene rings is 1. The zero-order valence-corrected chi connectivity index (χ0v) is 12.7. The predicted octanol–water partition coefficient (Wildman–Crippen LogP) is 2.98. The number of aryl methyl sites for hydroxylation is 3. The van der Waals surface area contributed by atoms with Crippen LogP contribution < -0.4 is 5.32 Å². The maximum absolute atomic E-state index is 4.34. The van der Waals surface area contributed by atoms with Crippen LogP contribution in [0.1, 0.15) is 15.4 Å². The molecule has 98 valence electrons. The Bertz CT molecular complexity index is 502. The Morgan fingerprint density at radius 2 is 2.22 bits per heavy atom. The van der Waals surface area contributed by atoms with Crippen molar-refractivity contribution in [2.24, 2.45) is 7.05 Å². The van der Waals surface area contributed by atoms with E-state index in [1.165, 1.54) is 14.8 Å². The molecule has 0 spiro atoms. The Balaban J connectivity index is 1.66. The zero-order valence-electron chi connectivity index (χ0n) is 11.1. The quantitative estimate of drug-likeness (QED) is 0.652. The van der Waals surface area contributed by atoms with Crippen molar-refractivity contribution in [2.45, 2.75) is 25.4 Å². The summed E-state index contributed by atoms with van der Waals surface area (Å²) in [5.41, 5.74) is 1.09. The van der Waals surface area contributed by atoms with Crippen LogP contribution in [-0.4, -0.2) is 22.1 Å². The van der Waals surface area contributed by atoms with Gasteiger partial charge in [-0.25, -0.2) is 0 Å². The first-order valence-corrected chi connectivity index (χ1v) is 7.85. The molecule has 2 aromatic rings. The summed E-state index contributed by atoms with van der Waals surface area (Å²) >= 11 is 3.71. The number of nitrogens with one attached hydrogen (secondary N) is 1. The summed E-state index contributed by atoms with van der Waals surface area (Å²) in [7, 11) is 2.00. The van der Waals surface area contributed by atoms with Crippen molar-refractivity contribution in [3.63, 3.8) is 0 Å². The topological polar surface area (TPSA) is 29.9 Å². The summed E-state index contributed by atoms with van der Waals surface area (Å²) in [4.78, 5) is 2.79. The monoisotopic (exact) mass is 281 g/mol. The highest BCUT2D eigenvalue weighted by molar-refractivity contribution is 7.99. The van der Waals surface area contributed by atoms with Gasteiger partial charge in [-0.05, 0) is 32.0 Å². The van der Waals surface area contributed by atoms with Crippen molar-refractivity contribution in [2.75, 3.05) is 12.3 Å². The van der Waals surface area contributed by atoms with Gasteiger partial charge >= 0.3 is 0 Å². The van der Waals surface area contributed by atoms with Gasteiger partial charge in [0.2, 0.25) is 0 Å². The van der Waals surface area contributed by atoms with Crippen molar-refractivity contribution < 1.29 is 0 Å². The second-order valence-electron chi connectivity index (χ2n) is 4.29. The second kappa shape index (κ2) is 6.41. The van der Waals surface area contributed by atoms with Crippen LogP contribution >= 0.6 is 23.1 Å². The Morgan fingerprint density at radius 1 is 1.39 bits per heavy atom. The molecule has 0 aliphatic rings. The average molecular weight is 281 g/mol. The molecule has 18 heavy (non-hydrogen) atoms. The van der Waals surface area contributed by atoms with Gasteiger partial charge in [0.1, 0.15) is 0 Å². The van der Waals surface area contributed by atoms with E-state index in [0.29, 0.717) is 0 Å². The number of hydrogen-bond acceptors (Lipinski definition) is 4. The Morgan fingerprint density at radius 3 is 2.83 bits per heavy atom. The smallest absolute Gasteiger partial charge is 0.0939 e. The van der Waals surface area contributed by atoms with Gasteiger partial charge in [0, 0.05) is 35.6 Å². The molecule has 2 aromatic heterocycles. The molecule has 0 radical (unpaired) electrons. The maximum atomic E-state index is 4.34. The van der Waals surface area contributed by atoms with Crippen LogP contribution in [0.15, 0.2) is 23.2 Å². The second-order valence-corrected chi connectivity index (χ2v) is 6.77. The van der Waals surface area contributed by atoms with Crippen LogP contribution in [0.25, 0.3) is 0 Å². The molecule has 2 rings (SSSR count). The van der Waals surface area contributed by atoms with Crippen LogP contribution in [0.4, 0.5) is 0 Å². The SMILES string of the molecule is Cc1cc(SCCNCc2ccc(C)s2)n(C)n1. The lowest BCUT2D eigenvalue weighted by Gasteiger charge is -2.03. The first-order valence-electron chi connectivity index (χ1n) is 6.04. The highest BCUT2D eigenvalue weighted by Crippen LogP contribution is 2.18. The van der Waals surface area contributed by atoms with Gasteiger partial charge in [0.25, 0.3) is 0 Å². The van der Waals surface area contributed by atoms with E-state index in [1.54, 1.807) is 0 Å². The summed E-state index contributed by atoms with van der Waals surface area (Å²) in [6.45, 7) is 6.17. The van der Waals surface area contributed by atoms with Gasteiger partial charge in [-0.2, -0.15) is 5.10 Å². The molecule has 0 bridgehead atoms. The minimum absolute atomic E-state index is 0.976. The fourth-order valence-corrected chi connectivity index (χ4v) is 3.54. The standard InChI is InChI=1S/C13H19N3S2/c1-10-8-13(16(3)15-10)17-7-6-14-9-12-5-4-11(2)18-12/h4-5,8,14H,6-7,9H2,1-3H3. The molecule has 5 heteroatoms. The molecule has 0 aromatic carbocycles. The molecular weight excluding hydrogens is 262 g/mol. The molecule has 0 saturated carbocycles. The largest absolute Gasteiger partial charge is 0.311 e. The summed E-state index contributed by atoms with van der Waals surface area (Å²) in [6, 6.07) is 6.51. The van der Waals surface area contributed by atoms with Gasteiger partial charge in [-0.15, -0.1) is 23.1 Å². The number of nitrogens with zero attached hydrogens (tertiary/aromatic N) is 2. The number of hydrogen-bond donors (Lipinski definition) is 1. The number of aromatic nitrogens is 2. The molecule has 1 N–H and O–H groups in total. The lowest BCUT2D eigenvalue weighted by Crippen LogP contribution is -2.15. The summed E-state index contributed by atoms with van der Waals surface area (Å²) in [5.74, 6) is 1.07. The van der Waals surface area contributed by atoms with Crippen LogP contribution in [0.5, 0.6) is 0 Å². The van der Waals surface area contributed by atoms with E-state index in [9.17, 15) is 0 Å². The molecule has 0 saturated heterocycles. The number of rotatable bonds is 6. The average Bonchev–Trinajstić information content (AvgIpc) is 2.85. The van der Waals surface area contributed by atoms with Gasteiger partial charge in [0.05, 0.1) is 10.7 Å². The molecule has 0 atom stereocenters. The third-order valence-electron chi connectivity index (χ3n) is 2.58. The van der Waals surface area contributed by atoms with Gasteiger partial charge in [0.15, 0.2) is 0 Å². The molecule has 0 aliphatic carbocycles. The summed E-state index contributed by atoms with van der Waals surface area (Å²) < 4.78 is 1.95. The van der Waals surface area contributed by atoms with Crippen LogP contribution in [-0.2, 0) is 13.6 Å². The minimum atomic E-state index is 0.976. The van der Waals surface area contributed by atoms with E-state index in [-0.39, 0.29) is 0 Å². The van der Waals surface area contributed by atoms with Gasteiger partial charge in [-0.1, -0.05) is 0 Å².